The largest absolute Gasteiger partial charge is 0.258 e. The Morgan fingerprint density at radius 2 is 2.10 bits per heavy atom. The molecule has 0 amide bonds. The summed E-state index contributed by atoms with van der Waals surface area (Å²) in [4.78, 5) is 3.88. The quantitative estimate of drug-likeness (QED) is 0.581. The van der Waals surface area contributed by atoms with Crippen LogP contribution in [0.3, 0.4) is 0 Å². The molecule has 1 aromatic heterocycles. The molecule has 0 N–H and O–H groups in total. The molecule has 54 valence electrons. The lowest BCUT2D eigenvalue weighted by atomic mass is 10.1. The van der Waals surface area contributed by atoms with Gasteiger partial charge in [0.15, 0.2) is 0 Å². The fourth-order valence-corrected chi connectivity index (χ4v) is 0.714. The maximum Gasteiger partial charge on any atom is 0.147 e. The maximum absolute atomic E-state index is 13.1. The summed E-state index contributed by atoms with van der Waals surface area (Å²) in [5.41, 5.74) is -0.837. The Balaban J connectivity index is 2.97. The summed E-state index contributed by atoms with van der Waals surface area (Å²) in [5, 5.41) is 0. The molecule has 0 fully saturated rings. The van der Waals surface area contributed by atoms with Crippen molar-refractivity contribution in [1.29, 1.82) is 0 Å². The molecule has 0 radical (unpaired) electrons. The molecule has 0 bridgehead atoms. The molecule has 1 heterocycles. The molecule has 0 aliphatic rings. The standard InChI is InChI=1S/C8H10FN/c1-8(2,9)7-5-3-4-6-10-7/h3-6H,1-2H3. The van der Waals surface area contributed by atoms with Crippen LogP contribution in [0.25, 0.3) is 0 Å². The average Bonchev–Trinajstić information content (AvgIpc) is 1.88. The van der Waals surface area contributed by atoms with Crippen LogP contribution in [0.2, 0.25) is 0 Å². The third-order valence-electron chi connectivity index (χ3n) is 1.27. The Kier molecular flexibility index (Phi) is 1.70. The minimum atomic E-state index is -1.32. The molecule has 10 heavy (non-hydrogen) atoms. The molecular weight excluding hydrogens is 129 g/mol. The summed E-state index contributed by atoms with van der Waals surface area (Å²) in [7, 11) is 0. The third kappa shape index (κ3) is 1.53. The molecule has 0 saturated heterocycles. The van der Waals surface area contributed by atoms with Gasteiger partial charge in [-0.05, 0) is 26.0 Å². The van der Waals surface area contributed by atoms with E-state index in [4.69, 9.17) is 0 Å². The van der Waals surface area contributed by atoms with E-state index in [-0.39, 0.29) is 0 Å². The van der Waals surface area contributed by atoms with Crippen LogP contribution in [0.4, 0.5) is 4.39 Å². The van der Waals surface area contributed by atoms with Crippen molar-refractivity contribution >= 4 is 0 Å². The Morgan fingerprint density at radius 1 is 1.40 bits per heavy atom. The van der Waals surface area contributed by atoms with Crippen molar-refractivity contribution in [2.24, 2.45) is 0 Å². The summed E-state index contributed by atoms with van der Waals surface area (Å²) in [6.45, 7) is 2.99. The summed E-state index contributed by atoms with van der Waals surface area (Å²) >= 11 is 0. The first kappa shape index (κ1) is 7.19. The van der Waals surface area contributed by atoms with Gasteiger partial charge >= 0.3 is 0 Å². The Bertz CT molecular complexity index is 200. The summed E-state index contributed by atoms with van der Waals surface area (Å²) in [5.74, 6) is 0. The number of aromatic nitrogens is 1. The van der Waals surface area contributed by atoms with E-state index < -0.39 is 5.67 Å². The van der Waals surface area contributed by atoms with Crippen LogP contribution in [0, 0.1) is 0 Å². The van der Waals surface area contributed by atoms with Gasteiger partial charge in [-0.1, -0.05) is 6.07 Å². The number of nitrogens with zero attached hydrogens (tertiary/aromatic N) is 1. The molecule has 2 heteroatoms. The molecule has 1 rings (SSSR count). The summed E-state index contributed by atoms with van der Waals surface area (Å²) in [6, 6.07) is 5.24. The van der Waals surface area contributed by atoms with Gasteiger partial charge in [-0.2, -0.15) is 0 Å². The fraction of sp³-hybridized carbons (Fsp3) is 0.375. The van der Waals surface area contributed by atoms with E-state index in [1.807, 2.05) is 0 Å². The molecule has 1 aromatic rings. The van der Waals surface area contributed by atoms with Gasteiger partial charge in [-0.15, -0.1) is 0 Å². The summed E-state index contributed by atoms with van der Waals surface area (Å²) < 4.78 is 13.1. The zero-order valence-electron chi connectivity index (χ0n) is 6.13. The van der Waals surface area contributed by atoms with Crippen molar-refractivity contribution < 1.29 is 4.39 Å². The molecule has 0 aliphatic heterocycles. The summed E-state index contributed by atoms with van der Waals surface area (Å²) in [6.07, 6.45) is 1.59. The zero-order valence-corrected chi connectivity index (χ0v) is 6.13. The van der Waals surface area contributed by atoms with Gasteiger partial charge in [-0.25, -0.2) is 4.39 Å². The lowest BCUT2D eigenvalue weighted by Gasteiger charge is -2.11. The fourth-order valence-electron chi connectivity index (χ4n) is 0.714. The lowest BCUT2D eigenvalue weighted by Crippen LogP contribution is -2.10. The number of alkyl halides is 1. The van der Waals surface area contributed by atoms with Crippen molar-refractivity contribution in [2.75, 3.05) is 0 Å². The lowest BCUT2D eigenvalue weighted by molar-refractivity contribution is 0.214. The number of hydrogen-bond donors (Lipinski definition) is 0. The Morgan fingerprint density at radius 3 is 2.40 bits per heavy atom. The van der Waals surface area contributed by atoms with Gasteiger partial charge in [-0.3, -0.25) is 4.98 Å². The van der Waals surface area contributed by atoms with Crippen LogP contribution in [0.5, 0.6) is 0 Å². The Labute approximate surface area is 59.9 Å². The van der Waals surface area contributed by atoms with E-state index >= 15 is 0 Å². The van der Waals surface area contributed by atoms with E-state index in [2.05, 4.69) is 4.98 Å². The van der Waals surface area contributed by atoms with Gasteiger partial charge in [0, 0.05) is 6.20 Å². The van der Waals surface area contributed by atoms with Crippen molar-refractivity contribution in [3.8, 4) is 0 Å². The third-order valence-corrected chi connectivity index (χ3v) is 1.27. The predicted octanol–water partition coefficient (Wildman–Crippen LogP) is 2.29. The molecule has 0 spiro atoms. The van der Waals surface area contributed by atoms with Crippen molar-refractivity contribution in [3.63, 3.8) is 0 Å². The molecule has 0 saturated carbocycles. The normalized spacial score (nSPS) is 11.5. The molecule has 1 nitrogen and oxygen atoms in total. The van der Waals surface area contributed by atoms with Crippen LogP contribution >= 0.6 is 0 Å². The van der Waals surface area contributed by atoms with Crippen LogP contribution in [-0.2, 0) is 5.67 Å². The number of rotatable bonds is 1. The van der Waals surface area contributed by atoms with Crippen LogP contribution in [0.1, 0.15) is 19.5 Å². The second-order valence-corrected chi connectivity index (χ2v) is 2.69. The second kappa shape index (κ2) is 2.37. The van der Waals surface area contributed by atoms with E-state index in [0.29, 0.717) is 5.69 Å². The average molecular weight is 139 g/mol. The minimum absolute atomic E-state index is 0.481. The second-order valence-electron chi connectivity index (χ2n) is 2.69. The monoisotopic (exact) mass is 139 g/mol. The van der Waals surface area contributed by atoms with E-state index in [1.54, 1.807) is 24.4 Å². The highest BCUT2D eigenvalue weighted by molar-refractivity contribution is 5.10. The van der Waals surface area contributed by atoms with Crippen LogP contribution in [-0.4, -0.2) is 4.98 Å². The maximum atomic E-state index is 13.1. The van der Waals surface area contributed by atoms with Crippen LogP contribution < -0.4 is 0 Å². The smallest absolute Gasteiger partial charge is 0.147 e. The first-order chi connectivity index (χ1) is 4.61. The van der Waals surface area contributed by atoms with E-state index in [9.17, 15) is 4.39 Å². The highest BCUT2D eigenvalue weighted by Crippen LogP contribution is 2.20. The first-order valence-corrected chi connectivity index (χ1v) is 3.21. The van der Waals surface area contributed by atoms with Crippen molar-refractivity contribution in [1.82, 2.24) is 4.98 Å². The SMILES string of the molecule is CC(C)(F)c1ccccn1. The topological polar surface area (TPSA) is 12.9 Å². The van der Waals surface area contributed by atoms with Gasteiger partial charge in [0.2, 0.25) is 0 Å². The minimum Gasteiger partial charge on any atom is -0.258 e. The molecular formula is C8H10FN. The van der Waals surface area contributed by atoms with Gasteiger partial charge < -0.3 is 0 Å². The van der Waals surface area contributed by atoms with Crippen molar-refractivity contribution in [3.05, 3.63) is 30.1 Å². The molecule has 0 aliphatic carbocycles. The number of hydrogen-bond acceptors (Lipinski definition) is 1. The number of halogens is 1. The highest BCUT2D eigenvalue weighted by Gasteiger charge is 2.18. The Hall–Kier alpha value is -0.920. The number of pyridine rings is 1. The molecule has 0 aromatic carbocycles. The first-order valence-electron chi connectivity index (χ1n) is 3.21. The van der Waals surface area contributed by atoms with E-state index in [1.165, 1.54) is 13.8 Å². The van der Waals surface area contributed by atoms with Gasteiger partial charge in [0.1, 0.15) is 5.67 Å². The molecule has 0 unspecified atom stereocenters. The van der Waals surface area contributed by atoms with E-state index in [0.717, 1.165) is 0 Å². The van der Waals surface area contributed by atoms with Crippen molar-refractivity contribution in [2.45, 2.75) is 19.5 Å². The van der Waals surface area contributed by atoms with Crippen LogP contribution in [0.15, 0.2) is 24.4 Å². The van der Waals surface area contributed by atoms with Gasteiger partial charge in [0.25, 0.3) is 0 Å². The zero-order chi connectivity index (χ0) is 7.61. The predicted molar refractivity (Wildman–Crippen MR) is 38.4 cm³/mol. The van der Waals surface area contributed by atoms with Gasteiger partial charge in [0.05, 0.1) is 5.69 Å². The highest BCUT2D eigenvalue weighted by atomic mass is 19.1. The molecule has 0 atom stereocenters.